The fraction of sp³-hybridized carbons (Fsp3) is 0. The number of rotatable bonds is 3. The lowest BCUT2D eigenvalue weighted by molar-refractivity contribution is 0.0954. The van der Waals surface area contributed by atoms with Gasteiger partial charge in [0, 0.05) is 5.56 Å². The second-order valence-electron chi connectivity index (χ2n) is 3.92. The number of carbonyl (C=O) groups is 1. The summed E-state index contributed by atoms with van der Waals surface area (Å²) in [5, 5.41) is 13.0. The molecule has 0 heterocycles. The molecule has 6 heteroatoms. The lowest BCUT2D eigenvalue weighted by atomic mass is 10.2. The van der Waals surface area contributed by atoms with E-state index in [0.29, 0.717) is 15.6 Å². The summed E-state index contributed by atoms with van der Waals surface area (Å²) in [7, 11) is 0. The second-order valence-corrected chi connectivity index (χ2v) is 4.78. The van der Waals surface area contributed by atoms with E-state index in [-0.39, 0.29) is 11.6 Å². The molecule has 0 atom stereocenters. The van der Waals surface area contributed by atoms with Gasteiger partial charge in [0.25, 0.3) is 5.91 Å². The van der Waals surface area contributed by atoms with Gasteiger partial charge in [0.05, 0.1) is 10.7 Å². The summed E-state index contributed by atoms with van der Waals surface area (Å²) in [4.78, 5) is 11.7. The molecule has 0 saturated carbocycles. The maximum absolute atomic E-state index is 13.0. The van der Waals surface area contributed by atoms with E-state index in [4.69, 9.17) is 0 Å². The number of hydrazone groups is 1. The first-order valence-corrected chi connectivity index (χ1v) is 6.43. The zero-order valence-electron chi connectivity index (χ0n) is 10.2. The van der Waals surface area contributed by atoms with Gasteiger partial charge in [0.2, 0.25) is 0 Å². The lowest BCUT2D eigenvalue weighted by Crippen LogP contribution is -2.17. The van der Waals surface area contributed by atoms with E-state index in [9.17, 15) is 14.3 Å². The van der Waals surface area contributed by atoms with Crippen LogP contribution in [-0.4, -0.2) is 17.2 Å². The minimum Gasteiger partial charge on any atom is -0.508 e. The fourth-order valence-electron chi connectivity index (χ4n) is 1.47. The molecule has 0 saturated heterocycles. The van der Waals surface area contributed by atoms with E-state index in [1.165, 1.54) is 30.5 Å². The Morgan fingerprint density at radius 2 is 2.10 bits per heavy atom. The normalized spacial score (nSPS) is 10.7. The zero-order valence-corrected chi connectivity index (χ0v) is 11.8. The Hall–Kier alpha value is -2.21. The monoisotopic (exact) mass is 336 g/mol. The Kier molecular flexibility index (Phi) is 4.47. The number of hydrogen-bond acceptors (Lipinski definition) is 3. The SMILES string of the molecule is O=C(N/N=C/c1ccc(F)c(Br)c1)c1cccc(O)c1. The fourth-order valence-corrected chi connectivity index (χ4v) is 1.87. The van der Waals surface area contributed by atoms with Gasteiger partial charge in [-0.05, 0) is 51.8 Å². The third kappa shape index (κ3) is 3.64. The largest absolute Gasteiger partial charge is 0.508 e. The van der Waals surface area contributed by atoms with Gasteiger partial charge in [-0.3, -0.25) is 4.79 Å². The molecule has 0 aliphatic rings. The summed E-state index contributed by atoms with van der Waals surface area (Å²) >= 11 is 3.06. The number of nitrogens with one attached hydrogen (secondary N) is 1. The van der Waals surface area contributed by atoms with Crippen LogP contribution in [0.1, 0.15) is 15.9 Å². The zero-order chi connectivity index (χ0) is 14.5. The number of benzene rings is 2. The van der Waals surface area contributed by atoms with E-state index >= 15 is 0 Å². The van der Waals surface area contributed by atoms with Crippen molar-refractivity contribution >= 4 is 28.1 Å². The van der Waals surface area contributed by atoms with Crippen LogP contribution in [0.5, 0.6) is 5.75 Å². The molecule has 0 fully saturated rings. The van der Waals surface area contributed by atoms with Crippen molar-refractivity contribution in [2.45, 2.75) is 0 Å². The summed E-state index contributed by atoms with van der Waals surface area (Å²) in [5.41, 5.74) is 3.25. The van der Waals surface area contributed by atoms with Gasteiger partial charge in [-0.25, -0.2) is 9.82 Å². The highest BCUT2D eigenvalue weighted by atomic mass is 79.9. The summed E-state index contributed by atoms with van der Waals surface area (Å²) in [6, 6.07) is 10.3. The predicted octanol–water partition coefficient (Wildman–Crippen LogP) is 3.06. The molecule has 20 heavy (non-hydrogen) atoms. The van der Waals surface area contributed by atoms with Crippen molar-refractivity contribution in [1.29, 1.82) is 0 Å². The Morgan fingerprint density at radius 1 is 1.30 bits per heavy atom. The number of hydrogen-bond donors (Lipinski definition) is 2. The molecule has 102 valence electrons. The highest BCUT2D eigenvalue weighted by Gasteiger charge is 2.04. The summed E-state index contributed by atoms with van der Waals surface area (Å²) in [6.45, 7) is 0. The Morgan fingerprint density at radius 3 is 2.80 bits per heavy atom. The quantitative estimate of drug-likeness (QED) is 0.668. The molecule has 2 N–H and O–H groups in total. The Labute approximate surface area is 123 Å². The van der Waals surface area contributed by atoms with Crippen molar-refractivity contribution in [1.82, 2.24) is 5.43 Å². The maximum Gasteiger partial charge on any atom is 0.271 e. The Balaban J connectivity index is 2.02. The molecule has 0 radical (unpaired) electrons. The van der Waals surface area contributed by atoms with E-state index in [1.54, 1.807) is 18.2 Å². The highest BCUT2D eigenvalue weighted by Crippen LogP contribution is 2.15. The van der Waals surface area contributed by atoms with E-state index in [1.807, 2.05) is 0 Å². The molecule has 2 aromatic rings. The number of phenolic OH excluding ortho intramolecular Hbond substituents is 1. The third-order valence-electron chi connectivity index (χ3n) is 2.43. The minimum atomic E-state index is -0.446. The van der Waals surface area contributed by atoms with Gasteiger partial charge in [0.15, 0.2) is 0 Å². The number of amides is 1. The number of aromatic hydroxyl groups is 1. The Bertz CT molecular complexity index is 674. The van der Waals surface area contributed by atoms with Gasteiger partial charge in [-0.15, -0.1) is 0 Å². The number of phenols is 1. The molecule has 0 aliphatic carbocycles. The molecule has 2 aromatic carbocycles. The molecule has 0 aromatic heterocycles. The molecule has 0 aliphatic heterocycles. The van der Waals surface area contributed by atoms with Gasteiger partial charge in [-0.2, -0.15) is 5.10 Å². The van der Waals surface area contributed by atoms with Gasteiger partial charge >= 0.3 is 0 Å². The van der Waals surface area contributed by atoms with Crippen molar-refractivity contribution < 1.29 is 14.3 Å². The second kappa shape index (κ2) is 6.29. The van der Waals surface area contributed by atoms with Crippen molar-refractivity contribution in [3.05, 3.63) is 63.9 Å². The molecule has 0 spiro atoms. The summed E-state index contributed by atoms with van der Waals surface area (Å²) in [5.74, 6) is -0.812. The van der Waals surface area contributed by atoms with Gasteiger partial charge in [0.1, 0.15) is 11.6 Å². The van der Waals surface area contributed by atoms with Crippen molar-refractivity contribution in [3.63, 3.8) is 0 Å². The standard InChI is InChI=1S/C14H10BrFN2O2/c15-12-6-9(4-5-13(12)16)8-17-18-14(20)10-2-1-3-11(19)7-10/h1-8,19H,(H,18,20)/b17-8+. The van der Waals surface area contributed by atoms with Crippen LogP contribution in [0.3, 0.4) is 0 Å². The number of carbonyl (C=O) groups excluding carboxylic acids is 1. The van der Waals surface area contributed by atoms with Crippen LogP contribution in [0, 0.1) is 5.82 Å². The van der Waals surface area contributed by atoms with Crippen LogP contribution in [0.15, 0.2) is 52.0 Å². The van der Waals surface area contributed by atoms with Gasteiger partial charge < -0.3 is 5.11 Å². The van der Waals surface area contributed by atoms with Crippen LogP contribution in [-0.2, 0) is 0 Å². The van der Waals surface area contributed by atoms with Crippen LogP contribution < -0.4 is 5.43 Å². The van der Waals surface area contributed by atoms with Gasteiger partial charge in [-0.1, -0.05) is 12.1 Å². The average molecular weight is 337 g/mol. The summed E-state index contributed by atoms with van der Waals surface area (Å²) < 4.78 is 13.3. The lowest BCUT2D eigenvalue weighted by Gasteiger charge is -2.00. The van der Waals surface area contributed by atoms with Crippen LogP contribution in [0.25, 0.3) is 0 Å². The molecule has 1 amide bonds. The molecule has 2 rings (SSSR count). The van der Waals surface area contributed by atoms with Crippen molar-refractivity contribution in [2.75, 3.05) is 0 Å². The molecule has 0 unspecified atom stereocenters. The molecule has 4 nitrogen and oxygen atoms in total. The van der Waals surface area contributed by atoms with E-state index in [0.717, 1.165) is 0 Å². The first-order valence-electron chi connectivity index (χ1n) is 5.64. The van der Waals surface area contributed by atoms with Crippen molar-refractivity contribution in [2.24, 2.45) is 5.10 Å². The van der Waals surface area contributed by atoms with E-state index < -0.39 is 5.91 Å². The highest BCUT2D eigenvalue weighted by molar-refractivity contribution is 9.10. The third-order valence-corrected chi connectivity index (χ3v) is 3.04. The number of nitrogens with zero attached hydrogens (tertiary/aromatic N) is 1. The first-order chi connectivity index (χ1) is 9.56. The molecular formula is C14H10BrFN2O2. The average Bonchev–Trinajstić information content (AvgIpc) is 2.42. The topological polar surface area (TPSA) is 61.7 Å². The van der Waals surface area contributed by atoms with E-state index in [2.05, 4.69) is 26.5 Å². The predicted molar refractivity (Wildman–Crippen MR) is 77.3 cm³/mol. The maximum atomic E-state index is 13.0. The number of halogens is 2. The van der Waals surface area contributed by atoms with Crippen LogP contribution >= 0.6 is 15.9 Å². The summed E-state index contributed by atoms with van der Waals surface area (Å²) in [6.07, 6.45) is 1.39. The first kappa shape index (κ1) is 14.2. The molecule has 0 bridgehead atoms. The van der Waals surface area contributed by atoms with Crippen LogP contribution in [0.4, 0.5) is 4.39 Å². The van der Waals surface area contributed by atoms with Crippen molar-refractivity contribution in [3.8, 4) is 5.75 Å². The smallest absolute Gasteiger partial charge is 0.271 e. The minimum absolute atomic E-state index is 0.00379. The molecular weight excluding hydrogens is 327 g/mol. The van der Waals surface area contributed by atoms with Crippen LogP contribution in [0.2, 0.25) is 0 Å².